The van der Waals surface area contributed by atoms with Crippen LogP contribution in [0.15, 0.2) is 0 Å². The Morgan fingerprint density at radius 2 is 2.33 bits per heavy atom. The van der Waals surface area contributed by atoms with Crippen molar-refractivity contribution in [2.45, 2.75) is 12.2 Å². The second-order valence-corrected chi connectivity index (χ2v) is 2.39. The molecule has 1 unspecified atom stereocenters. The molecule has 0 aromatic heterocycles. The van der Waals surface area contributed by atoms with Crippen molar-refractivity contribution in [1.29, 1.82) is 0 Å². The van der Waals surface area contributed by atoms with E-state index in [-0.39, 0.29) is 12.7 Å². The topological polar surface area (TPSA) is 64.9 Å². The van der Waals surface area contributed by atoms with Crippen LogP contribution in [0.2, 0.25) is 0 Å². The van der Waals surface area contributed by atoms with Crippen LogP contribution in [0.5, 0.6) is 0 Å². The molecule has 1 aliphatic rings. The minimum atomic E-state index is -3.99. The molecule has 0 spiro atoms. The number of rotatable bonds is 5. The highest BCUT2D eigenvalue weighted by atomic mass is 19.3. The van der Waals surface area contributed by atoms with Gasteiger partial charge in [0.15, 0.2) is 6.61 Å². The molecule has 0 saturated carbocycles. The largest absolute Gasteiger partial charge is 0.534 e. The molecule has 70 valence electrons. The summed E-state index contributed by atoms with van der Waals surface area (Å²) in [5.74, 6) is 0. The average Bonchev–Trinajstić information content (AvgIpc) is 2.70. The summed E-state index contributed by atoms with van der Waals surface area (Å²) in [5.41, 5.74) is 0. The first kappa shape index (κ1) is 9.27. The lowest BCUT2D eigenvalue weighted by Gasteiger charge is -2.06. The summed E-state index contributed by atoms with van der Waals surface area (Å²) in [4.78, 5) is 7.99. The van der Waals surface area contributed by atoms with Gasteiger partial charge in [0.1, 0.15) is 6.10 Å². The molecule has 12 heavy (non-hydrogen) atoms. The average molecular weight is 183 g/mol. The lowest BCUT2D eigenvalue weighted by Crippen LogP contribution is -2.33. The number of nitro groups is 1. The standard InChI is InChI=1S/C5H7F2NO4/c6-5(7,8(9)10)3-11-1-4-2-12-4/h4H,1-3H2. The first-order valence-corrected chi connectivity index (χ1v) is 3.24. The summed E-state index contributed by atoms with van der Waals surface area (Å²) in [6.07, 6.45) is -0.160. The van der Waals surface area contributed by atoms with Crippen LogP contribution < -0.4 is 0 Å². The van der Waals surface area contributed by atoms with Gasteiger partial charge in [-0.25, -0.2) is 0 Å². The summed E-state index contributed by atoms with van der Waals surface area (Å²) in [6, 6.07) is -3.99. The Hall–Kier alpha value is -0.820. The lowest BCUT2D eigenvalue weighted by atomic mass is 10.5. The van der Waals surface area contributed by atoms with Crippen LogP contribution in [-0.2, 0) is 9.47 Å². The molecule has 1 saturated heterocycles. The van der Waals surface area contributed by atoms with Gasteiger partial charge in [-0.05, 0) is 0 Å². The van der Waals surface area contributed by atoms with Crippen LogP contribution in [0.3, 0.4) is 0 Å². The van der Waals surface area contributed by atoms with Crippen LogP contribution in [0, 0.1) is 10.1 Å². The summed E-state index contributed by atoms with van der Waals surface area (Å²) < 4.78 is 33.3. The lowest BCUT2D eigenvalue weighted by molar-refractivity contribution is -0.647. The Kier molecular flexibility index (Phi) is 2.53. The van der Waals surface area contributed by atoms with Gasteiger partial charge < -0.3 is 9.47 Å². The highest BCUT2D eigenvalue weighted by molar-refractivity contribution is 4.67. The van der Waals surface area contributed by atoms with E-state index < -0.39 is 17.6 Å². The minimum Gasteiger partial charge on any atom is -0.371 e. The highest BCUT2D eigenvalue weighted by Crippen LogP contribution is 2.15. The quantitative estimate of drug-likeness (QED) is 0.265. The number of halogens is 2. The summed E-state index contributed by atoms with van der Waals surface area (Å²) in [7, 11) is 0. The predicted octanol–water partition coefficient (Wildman–Crippen LogP) is 0.271. The van der Waals surface area contributed by atoms with E-state index in [1.807, 2.05) is 0 Å². The van der Waals surface area contributed by atoms with Gasteiger partial charge >= 0.3 is 6.05 Å². The maximum atomic E-state index is 12.2. The molecule has 1 fully saturated rings. The van der Waals surface area contributed by atoms with Crippen molar-refractivity contribution in [2.24, 2.45) is 0 Å². The van der Waals surface area contributed by atoms with Crippen molar-refractivity contribution < 1.29 is 23.2 Å². The minimum absolute atomic E-state index is 0.0105. The second kappa shape index (κ2) is 3.28. The van der Waals surface area contributed by atoms with E-state index in [1.54, 1.807) is 0 Å². The van der Waals surface area contributed by atoms with Gasteiger partial charge in [0.2, 0.25) is 0 Å². The van der Waals surface area contributed by atoms with Gasteiger partial charge in [0.05, 0.1) is 18.1 Å². The van der Waals surface area contributed by atoms with Crippen molar-refractivity contribution in [2.75, 3.05) is 19.8 Å². The van der Waals surface area contributed by atoms with E-state index in [4.69, 9.17) is 0 Å². The molecular formula is C5H7F2NO4. The Bertz CT molecular complexity index is 182. The Labute approximate surface area is 66.4 Å². The van der Waals surface area contributed by atoms with E-state index in [1.165, 1.54) is 0 Å². The molecule has 1 atom stereocenters. The van der Waals surface area contributed by atoms with Crippen LogP contribution in [-0.4, -0.2) is 36.9 Å². The van der Waals surface area contributed by atoms with Gasteiger partial charge in [-0.15, -0.1) is 8.78 Å². The van der Waals surface area contributed by atoms with E-state index in [9.17, 15) is 18.9 Å². The SMILES string of the molecule is O=[N+]([O-])C(F)(F)COCC1CO1. The maximum Gasteiger partial charge on any atom is 0.534 e. The molecular weight excluding hydrogens is 176 g/mol. The predicted molar refractivity (Wildman–Crippen MR) is 32.5 cm³/mol. The van der Waals surface area contributed by atoms with E-state index in [0.717, 1.165) is 0 Å². The monoisotopic (exact) mass is 183 g/mol. The van der Waals surface area contributed by atoms with Crippen molar-refractivity contribution in [3.05, 3.63) is 10.1 Å². The Morgan fingerprint density at radius 1 is 1.75 bits per heavy atom. The number of epoxide rings is 1. The fraction of sp³-hybridized carbons (Fsp3) is 1.00. The number of hydrogen-bond acceptors (Lipinski definition) is 4. The van der Waals surface area contributed by atoms with E-state index in [2.05, 4.69) is 9.47 Å². The third-order valence-corrected chi connectivity index (χ3v) is 1.25. The second-order valence-electron chi connectivity index (χ2n) is 2.39. The molecule has 0 aliphatic carbocycles. The molecule has 1 heterocycles. The molecule has 0 bridgehead atoms. The Morgan fingerprint density at radius 3 is 2.75 bits per heavy atom. The molecule has 0 amide bonds. The number of ether oxygens (including phenoxy) is 2. The fourth-order valence-corrected chi connectivity index (χ4v) is 0.530. The van der Waals surface area contributed by atoms with Crippen LogP contribution in [0.25, 0.3) is 0 Å². The van der Waals surface area contributed by atoms with Crippen molar-refractivity contribution in [3.63, 3.8) is 0 Å². The molecule has 1 aliphatic heterocycles. The van der Waals surface area contributed by atoms with E-state index >= 15 is 0 Å². The normalized spacial score (nSPS) is 22.3. The van der Waals surface area contributed by atoms with Gasteiger partial charge in [-0.1, -0.05) is 0 Å². The molecule has 0 N–H and O–H groups in total. The summed E-state index contributed by atoms with van der Waals surface area (Å²) in [6.45, 7) is -0.729. The zero-order chi connectivity index (χ0) is 9.19. The first-order valence-electron chi connectivity index (χ1n) is 3.24. The fourth-order valence-electron chi connectivity index (χ4n) is 0.530. The molecule has 0 aromatic carbocycles. The van der Waals surface area contributed by atoms with Crippen LogP contribution in [0.1, 0.15) is 0 Å². The van der Waals surface area contributed by atoms with Crippen molar-refractivity contribution >= 4 is 0 Å². The van der Waals surface area contributed by atoms with Crippen molar-refractivity contribution in [1.82, 2.24) is 0 Å². The molecule has 1 rings (SSSR count). The van der Waals surface area contributed by atoms with Gasteiger partial charge in [-0.2, -0.15) is 0 Å². The zero-order valence-electron chi connectivity index (χ0n) is 6.03. The van der Waals surface area contributed by atoms with Gasteiger partial charge in [0, 0.05) is 0 Å². The van der Waals surface area contributed by atoms with Crippen LogP contribution >= 0.6 is 0 Å². The third-order valence-electron chi connectivity index (χ3n) is 1.25. The maximum absolute atomic E-state index is 12.2. The van der Waals surface area contributed by atoms with E-state index in [0.29, 0.717) is 6.61 Å². The number of hydrogen-bond donors (Lipinski definition) is 0. The van der Waals surface area contributed by atoms with Gasteiger partial charge in [0.25, 0.3) is 0 Å². The third kappa shape index (κ3) is 2.67. The molecule has 5 nitrogen and oxygen atoms in total. The number of nitrogens with zero attached hydrogens (tertiary/aromatic N) is 1. The first-order chi connectivity index (χ1) is 5.52. The number of alkyl halides is 2. The van der Waals surface area contributed by atoms with Gasteiger partial charge in [-0.3, -0.25) is 10.1 Å². The molecule has 7 heteroatoms. The smallest absolute Gasteiger partial charge is 0.371 e. The molecule has 0 aromatic rings. The Balaban J connectivity index is 2.14. The summed E-state index contributed by atoms with van der Waals surface area (Å²) >= 11 is 0. The van der Waals surface area contributed by atoms with Crippen LogP contribution in [0.4, 0.5) is 8.78 Å². The molecule has 0 radical (unpaired) electrons. The zero-order valence-corrected chi connectivity index (χ0v) is 6.03. The van der Waals surface area contributed by atoms with Crippen molar-refractivity contribution in [3.8, 4) is 0 Å². The highest BCUT2D eigenvalue weighted by Gasteiger charge is 2.44. The summed E-state index contributed by atoms with van der Waals surface area (Å²) in [5, 5.41) is 9.66.